The second-order valence-electron chi connectivity index (χ2n) is 6.27. The molecule has 3 rings (SSSR count). The van der Waals surface area contributed by atoms with Crippen LogP contribution < -0.4 is 14.9 Å². The standard InChI is InChI=1S/C20H23FN4O2S/c1-3-4-19-23-24-20(28)25(19)22-12-15-7-10-17(18(11-15)26-2)27-13-14-5-8-16(21)9-6-14/h5-11,22H,3-4,12-13H2,1-2H3,(H,24,28). The number of halogens is 1. The van der Waals surface area contributed by atoms with Gasteiger partial charge in [0.2, 0.25) is 4.77 Å². The SMILES string of the molecule is CCCc1n[nH]c(=S)n1NCc1ccc(OCc2ccc(F)cc2)c(OC)c1. The van der Waals surface area contributed by atoms with Crippen molar-refractivity contribution in [2.45, 2.75) is 32.9 Å². The molecule has 28 heavy (non-hydrogen) atoms. The van der Waals surface area contributed by atoms with Gasteiger partial charge in [-0.05, 0) is 54.0 Å². The van der Waals surface area contributed by atoms with Gasteiger partial charge in [0.05, 0.1) is 13.7 Å². The van der Waals surface area contributed by atoms with E-state index >= 15 is 0 Å². The van der Waals surface area contributed by atoms with Gasteiger partial charge in [0.25, 0.3) is 0 Å². The number of rotatable bonds is 9. The number of H-pyrrole nitrogens is 1. The van der Waals surface area contributed by atoms with Gasteiger partial charge in [0.1, 0.15) is 12.4 Å². The average Bonchev–Trinajstić information content (AvgIpc) is 3.06. The Morgan fingerprint density at radius 2 is 1.89 bits per heavy atom. The third kappa shape index (κ3) is 4.89. The molecule has 0 aliphatic rings. The van der Waals surface area contributed by atoms with Crippen LogP contribution in [0.2, 0.25) is 0 Å². The van der Waals surface area contributed by atoms with Gasteiger partial charge in [-0.25, -0.2) is 9.07 Å². The fourth-order valence-corrected chi connectivity index (χ4v) is 2.95. The molecule has 6 nitrogen and oxygen atoms in total. The predicted octanol–water partition coefficient (Wildman–Crippen LogP) is 4.36. The number of aromatic amines is 1. The third-order valence-corrected chi connectivity index (χ3v) is 4.47. The number of ether oxygens (including phenoxy) is 2. The molecule has 1 aromatic heterocycles. The van der Waals surface area contributed by atoms with Crippen LogP contribution in [0.1, 0.15) is 30.3 Å². The summed E-state index contributed by atoms with van der Waals surface area (Å²) in [6.07, 6.45) is 1.81. The van der Waals surface area contributed by atoms with Crippen LogP contribution in [0.3, 0.4) is 0 Å². The lowest BCUT2D eigenvalue weighted by molar-refractivity contribution is 0.284. The Morgan fingerprint density at radius 1 is 1.14 bits per heavy atom. The van der Waals surface area contributed by atoms with E-state index in [4.69, 9.17) is 21.7 Å². The van der Waals surface area contributed by atoms with Gasteiger partial charge in [-0.2, -0.15) is 5.10 Å². The zero-order valence-corrected chi connectivity index (χ0v) is 16.7. The van der Waals surface area contributed by atoms with Crippen LogP contribution in [-0.4, -0.2) is 22.0 Å². The van der Waals surface area contributed by atoms with Crippen molar-refractivity contribution in [3.05, 3.63) is 70.0 Å². The molecule has 1 heterocycles. The molecular formula is C20H23FN4O2S. The Morgan fingerprint density at radius 3 is 2.61 bits per heavy atom. The molecule has 0 bridgehead atoms. The number of methoxy groups -OCH3 is 1. The van der Waals surface area contributed by atoms with E-state index < -0.39 is 0 Å². The summed E-state index contributed by atoms with van der Waals surface area (Å²) in [6, 6.07) is 12.0. The predicted molar refractivity (Wildman–Crippen MR) is 108 cm³/mol. The van der Waals surface area contributed by atoms with Crippen LogP contribution in [0.5, 0.6) is 11.5 Å². The Hall–Kier alpha value is -2.87. The fraction of sp³-hybridized carbons (Fsp3) is 0.300. The first-order valence-corrected chi connectivity index (χ1v) is 9.46. The largest absolute Gasteiger partial charge is 0.493 e. The molecule has 0 aliphatic heterocycles. The van der Waals surface area contributed by atoms with E-state index in [2.05, 4.69) is 22.5 Å². The van der Waals surface area contributed by atoms with Crippen LogP contribution in [0.15, 0.2) is 42.5 Å². The number of nitrogens with one attached hydrogen (secondary N) is 2. The van der Waals surface area contributed by atoms with Gasteiger partial charge in [0, 0.05) is 6.42 Å². The Labute approximate surface area is 168 Å². The van der Waals surface area contributed by atoms with Crippen LogP contribution in [-0.2, 0) is 19.6 Å². The molecule has 2 aromatic carbocycles. The number of hydrogen-bond donors (Lipinski definition) is 2. The topological polar surface area (TPSA) is 64.1 Å². The summed E-state index contributed by atoms with van der Waals surface area (Å²) < 4.78 is 26.6. The number of hydrogen-bond acceptors (Lipinski definition) is 5. The molecule has 0 saturated heterocycles. The van der Waals surface area contributed by atoms with Crippen LogP contribution in [0.25, 0.3) is 0 Å². The van der Waals surface area contributed by atoms with Crippen molar-refractivity contribution in [3.63, 3.8) is 0 Å². The van der Waals surface area contributed by atoms with Crippen molar-refractivity contribution in [2.24, 2.45) is 0 Å². The zero-order chi connectivity index (χ0) is 19.9. The minimum Gasteiger partial charge on any atom is -0.493 e. The molecule has 3 aromatic rings. The normalized spacial score (nSPS) is 10.7. The van der Waals surface area contributed by atoms with Crippen molar-refractivity contribution in [1.82, 2.24) is 14.9 Å². The third-order valence-electron chi connectivity index (χ3n) is 4.19. The van der Waals surface area contributed by atoms with E-state index in [1.807, 2.05) is 18.2 Å². The molecule has 0 fully saturated rings. The Bertz CT molecular complexity index is 969. The van der Waals surface area contributed by atoms with Crippen LogP contribution >= 0.6 is 12.2 Å². The summed E-state index contributed by atoms with van der Waals surface area (Å²) in [5, 5.41) is 7.05. The Balaban J connectivity index is 1.66. The molecule has 0 saturated carbocycles. The first-order chi connectivity index (χ1) is 13.6. The molecule has 8 heteroatoms. The van der Waals surface area contributed by atoms with E-state index in [1.54, 1.807) is 23.9 Å². The first-order valence-electron chi connectivity index (χ1n) is 9.05. The monoisotopic (exact) mass is 402 g/mol. The summed E-state index contributed by atoms with van der Waals surface area (Å²) in [5.74, 6) is 1.87. The second kappa shape index (κ2) is 9.36. The van der Waals surface area contributed by atoms with Gasteiger partial charge >= 0.3 is 0 Å². The van der Waals surface area contributed by atoms with E-state index in [9.17, 15) is 4.39 Å². The highest BCUT2D eigenvalue weighted by Crippen LogP contribution is 2.29. The summed E-state index contributed by atoms with van der Waals surface area (Å²) in [4.78, 5) is 0. The van der Waals surface area contributed by atoms with Crippen molar-refractivity contribution in [2.75, 3.05) is 12.5 Å². The lowest BCUT2D eigenvalue weighted by Crippen LogP contribution is -2.17. The van der Waals surface area contributed by atoms with Crippen LogP contribution in [0.4, 0.5) is 4.39 Å². The molecule has 0 atom stereocenters. The van der Waals surface area contributed by atoms with Crippen LogP contribution in [0, 0.1) is 10.6 Å². The molecule has 0 spiro atoms. The number of aromatic nitrogens is 3. The van der Waals surface area contributed by atoms with Gasteiger partial charge < -0.3 is 14.9 Å². The highest BCUT2D eigenvalue weighted by Gasteiger charge is 2.08. The van der Waals surface area contributed by atoms with Gasteiger partial charge in [-0.15, -0.1) is 0 Å². The molecule has 0 radical (unpaired) electrons. The number of benzene rings is 2. The number of aryl methyl sites for hydroxylation is 1. The van der Waals surface area contributed by atoms with Gasteiger partial charge in [-0.3, -0.25) is 5.10 Å². The molecular weight excluding hydrogens is 379 g/mol. The minimum absolute atomic E-state index is 0.266. The highest BCUT2D eigenvalue weighted by molar-refractivity contribution is 7.71. The summed E-state index contributed by atoms with van der Waals surface area (Å²) in [6.45, 7) is 2.98. The molecule has 0 unspecified atom stereocenters. The van der Waals surface area contributed by atoms with Gasteiger partial charge in [0.15, 0.2) is 17.3 Å². The van der Waals surface area contributed by atoms with Crippen molar-refractivity contribution >= 4 is 12.2 Å². The highest BCUT2D eigenvalue weighted by atomic mass is 32.1. The minimum atomic E-state index is -0.266. The first kappa shape index (κ1) is 19.9. The zero-order valence-electron chi connectivity index (χ0n) is 15.9. The molecule has 148 valence electrons. The van der Waals surface area contributed by atoms with Crippen molar-refractivity contribution in [1.29, 1.82) is 0 Å². The average molecular weight is 402 g/mol. The summed E-state index contributed by atoms with van der Waals surface area (Å²) in [5.41, 5.74) is 5.18. The molecule has 0 aliphatic carbocycles. The lowest BCUT2D eigenvalue weighted by Gasteiger charge is -2.14. The van der Waals surface area contributed by atoms with E-state index in [-0.39, 0.29) is 5.82 Å². The summed E-state index contributed by atoms with van der Waals surface area (Å²) in [7, 11) is 1.60. The maximum atomic E-state index is 13.0. The van der Waals surface area contributed by atoms with Crippen molar-refractivity contribution < 1.29 is 13.9 Å². The van der Waals surface area contributed by atoms with Crippen molar-refractivity contribution in [3.8, 4) is 11.5 Å². The van der Waals surface area contributed by atoms with Gasteiger partial charge in [-0.1, -0.05) is 25.1 Å². The quantitative estimate of drug-likeness (QED) is 0.521. The fourth-order valence-electron chi connectivity index (χ4n) is 2.74. The molecule has 2 N–H and O–H groups in total. The second-order valence-corrected chi connectivity index (χ2v) is 6.65. The maximum absolute atomic E-state index is 13.0. The number of nitrogens with zero attached hydrogens (tertiary/aromatic N) is 2. The lowest BCUT2D eigenvalue weighted by atomic mass is 10.2. The maximum Gasteiger partial charge on any atom is 0.214 e. The van der Waals surface area contributed by atoms with E-state index in [0.29, 0.717) is 29.4 Å². The Kier molecular flexibility index (Phi) is 6.65. The summed E-state index contributed by atoms with van der Waals surface area (Å²) >= 11 is 5.28. The molecule has 0 amide bonds. The van der Waals surface area contributed by atoms with E-state index in [0.717, 1.165) is 29.8 Å². The smallest absolute Gasteiger partial charge is 0.214 e. The van der Waals surface area contributed by atoms with E-state index in [1.165, 1.54) is 12.1 Å².